The van der Waals surface area contributed by atoms with Gasteiger partial charge in [-0.25, -0.2) is 4.79 Å². The Morgan fingerprint density at radius 1 is 1.36 bits per heavy atom. The van der Waals surface area contributed by atoms with Crippen LogP contribution in [0.3, 0.4) is 0 Å². The molecule has 0 spiro atoms. The van der Waals surface area contributed by atoms with Crippen LogP contribution in [0.15, 0.2) is 12.2 Å². The van der Waals surface area contributed by atoms with Gasteiger partial charge >= 0.3 is 5.97 Å². The molecule has 0 aromatic heterocycles. The van der Waals surface area contributed by atoms with Crippen LogP contribution < -0.4 is 0 Å². The average Bonchev–Trinajstić information content (AvgIpc) is 2.01. The fraction of sp³-hybridized carbons (Fsp3) is 0.500. The van der Waals surface area contributed by atoms with E-state index in [4.69, 9.17) is 0 Å². The molecule has 0 aliphatic carbocycles. The van der Waals surface area contributed by atoms with Gasteiger partial charge in [0.15, 0.2) is 5.78 Å². The van der Waals surface area contributed by atoms with Crippen LogP contribution in [0, 0.1) is 0 Å². The van der Waals surface area contributed by atoms with Crippen LogP contribution in [-0.4, -0.2) is 18.9 Å². The topological polar surface area (TPSA) is 43.4 Å². The van der Waals surface area contributed by atoms with E-state index in [1.165, 1.54) is 13.2 Å². The molecule has 0 amide bonds. The molecule has 3 nitrogen and oxygen atoms in total. The van der Waals surface area contributed by atoms with Crippen LogP contribution in [0.25, 0.3) is 0 Å². The van der Waals surface area contributed by atoms with Crippen molar-refractivity contribution in [2.45, 2.75) is 19.8 Å². The molecule has 0 saturated heterocycles. The number of ketones is 1. The van der Waals surface area contributed by atoms with Gasteiger partial charge in [-0.3, -0.25) is 4.79 Å². The Labute approximate surface area is 66.0 Å². The van der Waals surface area contributed by atoms with Crippen LogP contribution in [0.5, 0.6) is 0 Å². The monoisotopic (exact) mass is 156 g/mol. The number of ether oxygens (including phenoxy) is 1. The molecule has 0 aliphatic rings. The van der Waals surface area contributed by atoms with Crippen LogP contribution in [0.2, 0.25) is 0 Å². The second-order valence-corrected chi connectivity index (χ2v) is 2.07. The van der Waals surface area contributed by atoms with Crippen LogP contribution in [-0.2, 0) is 14.3 Å². The molecule has 0 saturated carbocycles. The SMILES string of the molecule is CCCC(=O)C=CC(=O)OC. The third kappa shape index (κ3) is 5.33. The van der Waals surface area contributed by atoms with Crippen molar-refractivity contribution in [3.8, 4) is 0 Å². The Kier molecular flexibility index (Phi) is 5.07. The molecule has 62 valence electrons. The highest BCUT2D eigenvalue weighted by Crippen LogP contribution is 1.90. The summed E-state index contributed by atoms with van der Waals surface area (Å²) in [6.45, 7) is 1.91. The fourth-order valence-corrected chi connectivity index (χ4v) is 0.559. The first-order valence-electron chi connectivity index (χ1n) is 3.49. The maximum atomic E-state index is 10.8. The molecule has 0 aromatic rings. The quantitative estimate of drug-likeness (QED) is 0.452. The first-order chi connectivity index (χ1) is 5.20. The molecule has 0 N–H and O–H groups in total. The first-order valence-corrected chi connectivity index (χ1v) is 3.49. The highest BCUT2D eigenvalue weighted by Gasteiger charge is 1.95. The molecular formula is C8H12O3. The van der Waals surface area contributed by atoms with Crippen molar-refractivity contribution in [2.24, 2.45) is 0 Å². The number of hydrogen-bond donors (Lipinski definition) is 0. The summed E-state index contributed by atoms with van der Waals surface area (Å²) in [6.07, 6.45) is 3.66. The number of esters is 1. The van der Waals surface area contributed by atoms with Crippen LogP contribution in [0.4, 0.5) is 0 Å². The summed E-state index contributed by atoms with van der Waals surface area (Å²) >= 11 is 0. The molecule has 0 heterocycles. The second-order valence-electron chi connectivity index (χ2n) is 2.07. The van der Waals surface area contributed by atoms with E-state index in [1.54, 1.807) is 0 Å². The Balaban J connectivity index is 3.73. The van der Waals surface area contributed by atoms with E-state index < -0.39 is 5.97 Å². The maximum Gasteiger partial charge on any atom is 0.330 e. The van der Waals surface area contributed by atoms with Crippen molar-refractivity contribution < 1.29 is 14.3 Å². The summed E-state index contributed by atoms with van der Waals surface area (Å²) in [5, 5.41) is 0. The van der Waals surface area contributed by atoms with Crippen molar-refractivity contribution in [3.05, 3.63) is 12.2 Å². The highest BCUT2D eigenvalue weighted by atomic mass is 16.5. The molecule has 11 heavy (non-hydrogen) atoms. The number of hydrogen-bond acceptors (Lipinski definition) is 3. The highest BCUT2D eigenvalue weighted by molar-refractivity contribution is 5.95. The minimum atomic E-state index is -0.491. The van der Waals surface area contributed by atoms with Gasteiger partial charge in [-0.2, -0.15) is 0 Å². The summed E-state index contributed by atoms with van der Waals surface area (Å²) in [5.41, 5.74) is 0. The zero-order valence-corrected chi connectivity index (χ0v) is 6.79. The lowest BCUT2D eigenvalue weighted by Gasteiger charge is -1.89. The minimum Gasteiger partial charge on any atom is -0.466 e. The first kappa shape index (κ1) is 9.88. The standard InChI is InChI=1S/C8H12O3/c1-3-4-7(9)5-6-8(10)11-2/h5-6H,3-4H2,1-2H3. The van der Waals surface area contributed by atoms with Gasteiger partial charge in [0.05, 0.1) is 7.11 Å². The normalized spacial score (nSPS) is 10.0. The van der Waals surface area contributed by atoms with Gasteiger partial charge in [0, 0.05) is 12.5 Å². The number of allylic oxidation sites excluding steroid dienone is 1. The zero-order valence-electron chi connectivity index (χ0n) is 6.79. The fourth-order valence-electron chi connectivity index (χ4n) is 0.559. The maximum absolute atomic E-state index is 10.8. The van der Waals surface area contributed by atoms with E-state index in [9.17, 15) is 9.59 Å². The molecule has 0 radical (unpaired) electrons. The zero-order chi connectivity index (χ0) is 8.69. The summed E-state index contributed by atoms with van der Waals surface area (Å²) < 4.78 is 4.30. The van der Waals surface area contributed by atoms with Crippen molar-refractivity contribution in [3.63, 3.8) is 0 Å². The van der Waals surface area contributed by atoms with Crippen molar-refractivity contribution in [1.29, 1.82) is 0 Å². The Morgan fingerprint density at radius 2 is 2.00 bits per heavy atom. The summed E-state index contributed by atoms with van der Waals surface area (Å²) in [4.78, 5) is 21.2. The van der Waals surface area contributed by atoms with Crippen molar-refractivity contribution in [2.75, 3.05) is 7.11 Å². The second kappa shape index (κ2) is 5.65. The summed E-state index contributed by atoms with van der Waals surface area (Å²) in [7, 11) is 1.27. The van der Waals surface area contributed by atoms with Gasteiger partial charge in [-0.1, -0.05) is 6.92 Å². The molecule has 0 aromatic carbocycles. The van der Waals surface area contributed by atoms with Gasteiger partial charge in [-0.15, -0.1) is 0 Å². The summed E-state index contributed by atoms with van der Waals surface area (Å²) in [5.74, 6) is -0.535. The predicted octanol–water partition coefficient (Wildman–Crippen LogP) is 1.08. The van der Waals surface area contributed by atoms with Gasteiger partial charge < -0.3 is 4.74 Å². The largest absolute Gasteiger partial charge is 0.466 e. The van der Waals surface area contributed by atoms with Crippen LogP contribution >= 0.6 is 0 Å². The number of carbonyl (C=O) groups is 2. The molecule has 3 heteroatoms. The summed E-state index contributed by atoms with van der Waals surface area (Å²) in [6, 6.07) is 0. The van der Waals surface area contributed by atoms with E-state index in [0.29, 0.717) is 6.42 Å². The van der Waals surface area contributed by atoms with Gasteiger partial charge in [-0.05, 0) is 12.5 Å². The lowest BCUT2D eigenvalue weighted by molar-refractivity contribution is -0.135. The van der Waals surface area contributed by atoms with E-state index in [1.807, 2.05) is 6.92 Å². The average molecular weight is 156 g/mol. The molecule has 0 aliphatic heterocycles. The Hall–Kier alpha value is -1.12. The minimum absolute atomic E-state index is 0.0436. The van der Waals surface area contributed by atoms with E-state index in [2.05, 4.69) is 4.74 Å². The third-order valence-corrected chi connectivity index (χ3v) is 1.10. The van der Waals surface area contributed by atoms with Gasteiger partial charge in [0.25, 0.3) is 0 Å². The van der Waals surface area contributed by atoms with Gasteiger partial charge in [0.2, 0.25) is 0 Å². The molecule has 0 unspecified atom stereocenters. The molecular weight excluding hydrogens is 144 g/mol. The molecule has 0 fully saturated rings. The lowest BCUT2D eigenvalue weighted by Crippen LogP contribution is -1.97. The Bertz CT molecular complexity index is 170. The molecule has 0 atom stereocenters. The van der Waals surface area contributed by atoms with E-state index in [-0.39, 0.29) is 5.78 Å². The third-order valence-electron chi connectivity index (χ3n) is 1.10. The Morgan fingerprint density at radius 3 is 2.45 bits per heavy atom. The predicted molar refractivity (Wildman–Crippen MR) is 41.1 cm³/mol. The van der Waals surface area contributed by atoms with Gasteiger partial charge in [0.1, 0.15) is 0 Å². The van der Waals surface area contributed by atoms with Crippen LogP contribution in [0.1, 0.15) is 19.8 Å². The number of rotatable bonds is 4. The van der Waals surface area contributed by atoms with Crippen molar-refractivity contribution in [1.82, 2.24) is 0 Å². The smallest absolute Gasteiger partial charge is 0.330 e. The number of carbonyl (C=O) groups excluding carboxylic acids is 2. The molecule has 0 rings (SSSR count). The molecule has 0 bridgehead atoms. The van der Waals surface area contributed by atoms with E-state index in [0.717, 1.165) is 12.5 Å². The van der Waals surface area contributed by atoms with E-state index >= 15 is 0 Å². The lowest BCUT2D eigenvalue weighted by atomic mass is 10.2. The van der Waals surface area contributed by atoms with Crippen molar-refractivity contribution >= 4 is 11.8 Å². The number of methoxy groups -OCH3 is 1.